The molecule has 0 aliphatic carbocycles. The average Bonchev–Trinajstić information content (AvgIpc) is 2.91. The van der Waals surface area contributed by atoms with Gasteiger partial charge in [0.05, 0.1) is 22.9 Å². The van der Waals surface area contributed by atoms with Crippen molar-refractivity contribution >= 4 is 33.8 Å². The Kier molecular flexibility index (Phi) is 9.45. The van der Waals surface area contributed by atoms with Gasteiger partial charge in [-0.2, -0.15) is 0 Å². The normalized spacial score (nSPS) is 14.5. The standard InChI is InChI=1S/C25H30F2N6O5S/c1-4-38-24(37)33-9-7-25(30-2,8-10-33)32(3)23(36)19-21(35)20(34)16(13-31-19)22(29)39-18(28)11-14-5-6-15(26)12-17(14)27/h5-6,12-13,28-30,35H,4,7-11H2,1-3H3,(H,31,34). The summed E-state index contributed by atoms with van der Waals surface area (Å²) in [6, 6.07) is 2.94. The Morgan fingerprint density at radius 1 is 1.28 bits per heavy atom. The van der Waals surface area contributed by atoms with Crippen LogP contribution in [0.25, 0.3) is 0 Å². The first-order valence-corrected chi connectivity index (χ1v) is 12.9. The molecule has 1 aromatic heterocycles. The predicted molar refractivity (Wildman–Crippen MR) is 143 cm³/mol. The first-order valence-electron chi connectivity index (χ1n) is 12.1. The van der Waals surface area contributed by atoms with Crippen molar-refractivity contribution in [2.45, 2.75) is 31.8 Å². The Morgan fingerprint density at radius 3 is 2.54 bits per heavy atom. The van der Waals surface area contributed by atoms with Crippen molar-refractivity contribution in [1.82, 2.24) is 20.1 Å². The molecule has 1 aromatic carbocycles. The number of thioether (sulfide) groups is 1. The van der Waals surface area contributed by atoms with Crippen molar-refractivity contribution in [1.29, 1.82) is 10.8 Å². The lowest BCUT2D eigenvalue weighted by atomic mass is 9.94. The van der Waals surface area contributed by atoms with Gasteiger partial charge in [-0.25, -0.2) is 13.6 Å². The minimum absolute atomic E-state index is 0.0500. The summed E-state index contributed by atoms with van der Waals surface area (Å²) in [6.45, 7) is 2.60. The third-order valence-corrected chi connectivity index (χ3v) is 7.45. The summed E-state index contributed by atoms with van der Waals surface area (Å²) >= 11 is 0.563. The summed E-state index contributed by atoms with van der Waals surface area (Å²) in [5.74, 6) is -3.16. The fourth-order valence-corrected chi connectivity index (χ4v) is 5.03. The molecule has 210 valence electrons. The molecule has 1 aliphatic heterocycles. The first kappa shape index (κ1) is 29.8. The topological polar surface area (TPSA) is 163 Å². The zero-order valence-electron chi connectivity index (χ0n) is 21.7. The molecule has 14 heteroatoms. The summed E-state index contributed by atoms with van der Waals surface area (Å²) < 4.78 is 32.0. The number of hydrogen-bond donors (Lipinski definition) is 5. The number of hydrogen-bond acceptors (Lipinski definition) is 9. The van der Waals surface area contributed by atoms with E-state index in [1.807, 2.05) is 0 Å². The van der Waals surface area contributed by atoms with Gasteiger partial charge in [-0.3, -0.25) is 25.7 Å². The maximum atomic E-state index is 13.9. The number of carbonyl (C=O) groups is 2. The highest BCUT2D eigenvalue weighted by Crippen LogP contribution is 2.28. The minimum Gasteiger partial charge on any atom is -0.503 e. The fraction of sp³-hybridized carbons (Fsp3) is 0.400. The van der Waals surface area contributed by atoms with E-state index in [4.69, 9.17) is 15.6 Å². The lowest BCUT2D eigenvalue weighted by Crippen LogP contribution is -2.63. The third kappa shape index (κ3) is 6.45. The zero-order valence-corrected chi connectivity index (χ0v) is 22.5. The van der Waals surface area contributed by atoms with E-state index >= 15 is 0 Å². The number of piperidine rings is 1. The van der Waals surface area contributed by atoms with Crippen LogP contribution in [0, 0.1) is 22.5 Å². The molecule has 2 amide bonds. The van der Waals surface area contributed by atoms with E-state index in [0.29, 0.717) is 43.8 Å². The van der Waals surface area contributed by atoms with E-state index in [2.05, 4.69) is 10.3 Å². The van der Waals surface area contributed by atoms with Crippen LogP contribution in [0.1, 0.15) is 41.4 Å². The second-order valence-corrected chi connectivity index (χ2v) is 9.96. The number of aromatic hydroxyl groups is 1. The number of pyridine rings is 1. The van der Waals surface area contributed by atoms with Crippen molar-refractivity contribution in [3.05, 3.63) is 63.1 Å². The molecule has 5 N–H and O–H groups in total. The van der Waals surface area contributed by atoms with E-state index in [0.717, 1.165) is 12.3 Å². The molecule has 1 aliphatic rings. The quantitative estimate of drug-likeness (QED) is 0.196. The molecule has 1 fully saturated rings. The van der Waals surface area contributed by atoms with Gasteiger partial charge in [0.25, 0.3) is 5.91 Å². The minimum atomic E-state index is -0.987. The van der Waals surface area contributed by atoms with Gasteiger partial charge >= 0.3 is 6.09 Å². The molecule has 0 radical (unpaired) electrons. The van der Waals surface area contributed by atoms with Gasteiger partial charge in [0.15, 0.2) is 11.4 Å². The van der Waals surface area contributed by atoms with Crippen molar-refractivity contribution in [3.63, 3.8) is 0 Å². The molecule has 2 aromatic rings. The molecule has 0 spiro atoms. The van der Waals surface area contributed by atoms with E-state index in [1.165, 1.54) is 22.9 Å². The largest absolute Gasteiger partial charge is 0.503 e. The molecule has 2 heterocycles. The number of ether oxygens (including phenoxy) is 1. The van der Waals surface area contributed by atoms with E-state index in [1.54, 1.807) is 14.0 Å². The molecule has 0 saturated carbocycles. The number of nitrogens with one attached hydrogen (secondary N) is 4. The fourth-order valence-electron chi connectivity index (χ4n) is 4.29. The second-order valence-electron chi connectivity index (χ2n) is 8.85. The SMILES string of the molecule is CCOC(=O)N1CCC(NC)(N(C)C(=O)c2[nH]cc(C(=N)SC(=N)Cc3ccc(F)cc3F)c(=O)c2O)CC1. The number of aromatic amines is 1. The highest BCUT2D eigenvalue weighted by molar-refractivity contribution is 8.26. The van der Waals surface area contributed by atoms with E-state index in [-0.39, 0.29) is 34.9 Å². The van der Waals surface area contributed by atoms with Crippen molar-refractivity contribution < 1.29 is 28.2 Å². The van der Waals surface area contributed by atoms with Crippen LogP contribution in [0.3, 0.4) is 0 Å². The van der Waals surface area contributed by atoms with Crippen molar-refractivity contribution in [2.24, 2.45) is 0 Å². The van der Waals surface area contributed by atoms with Crippen LogP contribution in [-0.2, 0) is 11.2 Å². The van der Waals surface area contributed by atoms with Crippen LogP contribution in [-0.4, -0.2) is 81.4 Å². The smallest absolute Gasteiger partial charge is 0.409 e. The molecular formula is C25H30F2N6O5S. The molecule has 0 atom stereocenters. The third-order valence-electron chi connectivity index (χ3n) is 6.64. The molecular weight excluding hydrogens is 534 g/mol. The summed E-state index contributed by atoms with van der Waals surface area (Å²) in [7, 11) is 3.18. The Balaban J connectivity index is 1.73. The maximum Gasteiger partial charge on any atom is 0.409 e. The number of carbonyl (C=O) groups excluding carboxylic acids is 2. The number of aromatic nitrogens is 1. The molecule has 0 unspecified atom stereocenters. The average molecular weight is 565 g/mol. The molecule has 11 nitrogen and oxygen atoms in total. The van der Waals surface area contributed by atoms with Crippen molar-refractivity contribution in [3.8, 4) is 5.75 Å². The van der Waals surface area contributed by atoms with E-state index in [9.17, 15) is 28.3 Å². The van der Waals surface area contributed by atoms with E-state index < -0.39 is 45.5 Å². The van der Waals surface area contributed by atoms with Gasteiger partial charge in [0.1, 0.15) is 16.7 Å². The van der Waals surface area contributed by atoms with Gasteiger partial charge in [-0.05, 0) is 25.6 Å². The summed E-state index contributed by atoms with van der Waals surface area (Å²) in [6.07, 6.45) is 1.16. The molecule has 39 heavy (non-hydrogen) atoms. The lowest BCUT2D eigenvalue weighted by molar-refractivity contribution is 0.0145. The Hall–Kier alpha value is -3.78. The number of halogens is 2. The monoisotopic (exact) mass is 564 g/mol. The van der Waals surface area contributed by atoms with Crippen LogP contribution < -0.4 is 10.7 Å². The summed E-state index contributed by atoms with van der Waals surface area (Å²) in [5.41, 5.74) is -2.47. The summed E-state index contributed by atoms with van der Waals surface area (Å²) in [4.78, 5) is 43.7. The number of nitrogens with zero attached hydrogens (tertiary/aromatic N) is 2. The number of benzene rings is 1. The van der Waals surface area contributed by atoms with Crippen LogP contribution in [0.15, 0.2) is 29.2 Å². The van der Waals surface area contributed by atoms with Crippen LogP contribution in [0.2, 0.25) is 0 Å². The summed E-state index contributed by atoms with van der Waals surface area (Å²) in [5, 5.41) is 29.4. The van der Waals surface area contributed by atoms with Crippen LogP contribution in [0.5, 0.6) is 5.75 Å². The van der Waals surface area contributed by atoms with Crippen LogP contribution >= 0.6 is 11.8 Å². The second kappa shape index (κ2) is 12.4. The number of likely N-dealkylation sites (tertiary alicyclic amines) is 1. The maximum absolute atomic E-state index is 13.9. The highest BCUT2D eigenvalue weighted by atomic mass is 32.2. The molecule has 1 saturated heterocycles. The van der Waals surface area contributed by atoms with Gasteiger partial charge in [-0.15, -0.1) is 0 Å². The van der Waals surface area contributed by atoms with Gasteiger partial charge in [0, 0.05) is 51.7 Å². The Labute approximate surface area is 227 Å². The Morgan fingerprint density at radius 2 is 1.95 bits per heavy atom. The first-order chi connectivity index (χ1) is 18.4. The highest BCUT2D eigenvalue weighted by Gasteiger charge is 2.41. The van der Waals surface area contributed by atoms with Gasteiger partial charge in [-0.1, -0.05) is 17.8 Å². The molecule has 3 rings (SSSR count). The molecule has 0 bridgehead atoms. The van der Waals surface area contributed by atoms with Gasteiger partial charge in [0.2, 0.25) is 5.43 Å². The number of rotatable bonds is 7. The number of H-pyrrole nitrogens is 1. The van der Waals surface area contributed by atoms with Crippen molar-refractivity contribution in [2.75, 3.05) is 33.8 Å². The predicted octanol–water partition coefficient (Wildman–Crippen LogP) is 2.88. The van der Waals surface area contributed by atoms with Crippen LogP contribution in [0.4, 0.5) is 13.6 Å². The van der Waals surface area contributed by atoms with Gasteiger partial charge < -0.3 is 24.6 Å². The number of amides is 2. The lowest BCUT2D eigenvalue weighted by Gasteiger charge is -2.46. The Bertz CT molecular complexity index is 1340. The zero-order chi connectivity index (χ0) is 28.9.